The Morgan fingerprint density at radius 1 is 1.31 bits per heavy atom. The van der Waals surface area contributed by atoms with Crippen molar-refractivity contribution in [3.8, 4) is 0 Å². The van der Waals surface area contributed by atoms with E-state index in [1.54, 1.807) is 12.4 Å². The van der Waals surface area contributed by atoms with Crippen LogP contribution in [0.1, 0.15) is 12.5 Å². The topological polar surface area (TPSA) is 24.7 Å². The van der Waals surface area contributed by atoms with E-state index in [0.29, 0.717) is 0 Å². The molecule has 0 bridgehead atoms. The summed E-state index contributed by atoms with van der Waals surface area (Å²) >= 11 is 0. The van der Waals surface area contributed by atoms with Crippen LogP contribution in [0.2, 0.25) is 0 Å². The van der Waals surface area contributed by atoms with Crippen molar-refractivity contribution >= 4 is 18.6 Å². The summed E-state index contributed by atoms with van der Waals surface area (Å²) in [5, 5.41) is 0. The van der Waals surface area contributed by atoms with Gasteiger partial charge in [-0.15, -0.1) is 0 Å². The SMILES string of the molecule is C=N/C(=C\N=CC)c1ccccc1. The quantitative estimate of drug-likeness (QED) is 0.626. The minimum Gasteiger partial charge on any atom is -0.267 e. The minimum atomic E-state index is 0.790. The number of rotatable bonds is 3. The molecule has 1 rings (SSSR count). The van der Waals surface area contributed by atoms with Crippen LogP contribution in [0, 0.1) is 0 Å². The molecular formula is C11H12N2. The predicted molar refractivity (Wildman–Crippen MR) is 58.1 cm³/mol. The number of hydrogen-bond donors (Lipinski definition) is 0. The van der Waals surface area contributed by atoms with E-state index in [0.717, 1.165) is 11.3 Å². The van der Waals surface area contributed by atoms with Gasteiger partial charge in [-0.1, -0.05) is 30.3 Å². The normalized spacial score (nSPS) is 11.9. The number of aliphatic imine (C=N–C) groups is 2. The molecule has 1 aromatic carbocycles. The molecule has 0 aromatic heterocycles. The van der Waals surface area contributed by atoms with Crippen molar-refractivity contribution in [3.63, 3.8) is 0 Å². The van der Waals surface area contributed by atoms with E-state index >= 15 is 0 Å². The standard InChI is InChI=1S/C11H12N2/c1-3-13-9-11(12-2)10-7-5-4-6-8-10/h3-9H,2H2,1H3/b11-9-,13-3?. The van der Waals surface area contributed by atoms with Crippen LogP contribution in [-0.2, 0) is 0 Å². The fourth-order valence-corrected chi connectivity index (χ4v) is 0.961. The summed E-state index contributed by atoms with van der Waals surface area (Å²) in [5.74, 6) is 0. The molecule has 0 amide bonds. The lowest BCUT2D eigenvalue weighted by atomic mass is 10.2. The molecule has 0 unspecified atom stereocenters. The van der Waals surface area contributed by atoms with Crippen LogP contribution in [0.15, 0.2) is 46.5 Å². The van der Waals surface area contributed by atoms with Crippen LogP contribution in [0.4, 0.5) is 0 Å². The smallest absolute Gasteiger partial charge is 0.0877 e. The van der Waals surface area contributed by atoms with E-state index in [2.05, 4.69) is 16.7 Å². The molecule has 13 heavy (non-hydrogen) atoms. The van der Waals surface area contributed by atoms with Crippen LogP contribution >= 0.6 is 0 Å². The van der Waals surface area contributed by atoms with Crippen LogP contribution in [0.25, 0.3) is 5.70 Å². The van der Waals surface area contributed by atoms with Gasteiger partial charge in [-0.2, -0.15) is 0 Å². The zero-order valence-electron chi connectivity index (χ0n) is 7.64. The maximum absolute atomic E-state index is 4.00. The van der Waals surface area contributed by atoms with Crippen molar-refractivity contribution in [2.75, 3.05) is 0 Å². The Morgan fingerprint density at radius 3 is 2.54 bits per heavy atom. The molecule has 0 N–H and O–H groups in total. The molecule has 0 radical (unpaired) electrons. The van der Waals surface area contributed by atoms with Crippen molar-refractivity contribution in [1.29, 1.82) is 0 Å². The van der Waals surface area contributed by atoms with Gasteiger partial charge >= 0.3 is 0 Å². The Morgan fingerprint density at radius 2 is 2.00 bits per heavy atom. The van der Waals surface area contributed by atoms with Gasteiger partial charge in [-0.25, -0.2) is 0 Å². The molecule has 0 spiro atoms. The van der Waals surface area contributed by atoms with Gasteiger partial charge in [0.25, 0.3) is 0 Å². The highest BCUT2D eigenvalue weighted by Crippen LogP contribution is 2.14. The molecule has 0 saturated carbocycles. The first-order valence-corrected chi connectivity index (χ1v) is 4.08. The van der Waals surface area contributed by atoms with Gasteiger partial charge in [0.05, 0.1) is 11.9 Å². The molecule has 66 valence electrons. The summed E-state index contributed by atoms with van der Waals surface area (Å²) in [7, 11) is 0. The van der Waals surface area contributed by atoms with Crippen molar-refractivity contribution < 1.29 is 0 Å². The highest BCUT2D eigenvalue weighted by atomic mass is 14.8. The lowest BCUT2D eigenvalue weighted by Gasteiger charge is -1.97. The Bertz CT molecular complexity index is 323. The molecule has 0 saturated heterocycles. The fraction of sp³-hybridized carbons (Fsp3) is 0.0909. The second kappa shape index (κ2) is 5.04. The van der Waals surface area contributed by atoms with E-state index < -0.39 is 0 Å². The van der Waals surface area contributed by atoms with Crippen molar-refractivity contribution in [1.82, 2.24) is 0 Å². The maximum atomic E-state index is 4.00. The van der Waals surface area contributed by atoms with Crippen molar-refractivity contribution in [3.05, 3.63) is 42.1 Å². The summed E-state index contributed by atoms with van der Waals surface area (Å²) < 4.78 is 0. The van der Waals surface area contributed by atoms with Gasteiger partial charge in [0, 0.05) is 11.8 Å². The molecule has 0 aliphatic heterocycles. The first-order valence-electron chi connectivity index (χ1n) is 4.08. The molecule has 2 heteroatoms. The van der Waals surface area contributed by atoms with Crippen LogP contribution < -0.4 is 0 Å². The van der Waals surface area contributed by atoms with Gasteiger partial charge in [0.2, 0.25) is 0 Å². The van der Waals surface area contributed by atoms with Gasteiger partial charge in [-0.3, -0.25) is 9.98 Å². The molecule has 0 aliphatic rings. The second-order valence-corrected chi connectivity index (χ2v) is 2.45. The van der Waals surface area contributed by atoms with Crippen LogP contribution in [0.3, 0.4) is 0 Å². The monoisotopic (exact) mass is 172 g/mol. The van der Waals surface area contributed by atoms with Crippen molar-refractivity contribution in [2.24, 2.45) is 9.98 Å². The lowest BCUT2D eigenvalue weighted by Crippen LogP contribution is -1.78. The van der Waals surface area contributed by atoms with E-state index in [9.17, 15) is 0 Å². The molecule has 1 aromatic rings. The highest BCUT2D eigenvalue weighted by molar-refractivity contribution is 5.69. The van der Waals surface area contributed by atoms with E-state index in [1.165, 1.54) is 0 Å². The van der Waals surface area contributed by atoms with Gasteiger partial charge in [-0.05, 0) is 13.6 Å². The van der Waals surface area contributed by atoms with Gasteiger partial charge in [0.15, 0.2) is 0 Å². The number of nitrogens with zero attached hydrogens (tertiary/aromatic N) is 2. The molecular weight excluding hydrogens is 160 g/mol. The Kier molecular flexibility index (Phi) is 3.64. The first-order chi connectivity index (χ1) is 6.38. The largest absolute Gasteiger partial charge is 0.267 e. The predicted octanol–water partition coefficient (Wildman–Crippen LogP) is 2.78. The third kappa shape index (κ3) is 2.67. The van der Waals surface area contributed by atoms with E-state index in [-0.39, 0.29) is 0 Å². The molecule has 0 fully saturated rings. The number of benzene rings is 1. The average molecular weight is 172 g/mol. The average Bonchev–Trinajstić information content (AvgIpc) is 2.21. The summed E-state index contributed by atoms with van der Waals surface area (Å²) in [6.45, 7) is 5.36. The third-order valence-electron chi connectivity index (χ3n) is 1.59. The van der Waals surface area contributed by atoms with E-state index in [1.807, 2.05) is 37.3 Å². The lowest BCUT2D eigenvalue weighted by molar-refractivity contribution is 1.46. The van der Waals surface area contributed by atoms with E-state index in [4.69, 9.17) is 0 Å². The third-order valence-corrected chi connectivity index (χ3v) is 1.59. The molecule has 0 aliphatic carbocycles. The summed E-state index contributed by atoms with van der Waals surface area (Å²) in [6, 6.07) is 9.85. The second-order valence-electron chi connectivity index (χ2n) is 2.45. The number of hydrogen-bond acceptors (Lipinski definition) is 2. The summed E-state index contributed by atoms with van der Waals surface area (Å²) in [6.07, 6.45) is 3.41. The first kappa shape index (κ1) is 9.39. The van der Waals surface area contributed by atoms with Crippen molar-refractivity contribution in [2.45, 2.75) is 6.92 Å². The summed E-state index contributed by atoms with van der Waals surface area (Å²) in [5.41, 5.74) is 1.82. The minimum absolute atomic E-state index is 0.790. The maximum Gasteiger partial charge on any atom is 0.0877 e. The molecule has 0 atom stereocenters. The Labute approximate surface area is 78.4 Å². The Hall–Kier alpha value is -1.70. The Balaban J connectivity index is 2.98. The zero-order chi connectivity index (χ0) is 9.52. The van der Waals surface area contributed by atoms with Gasteiger partial charge < -0.3 is 0 Å². The zero-order valence-corrected chi connectivity index (χ0v) is 7.64. The molecule has 2 nitrogen and oxygen atoms in total. The summed E-state index contributed by atoms with van der Waals surface area (Å²) in [4.78, 5) is 7.89. The van der Waals surface area contributed by atoms with Crippen LogP contribution in [0.5, 0.6) is 0 Å². The molecule has 0 heterocycles. The van der Waals surface area contributed by atoms with Gasteiger partial charge in [0.1, 0.15) is 0 Å². The van der Waals surface area contributed by atoms with Crippen LogP contribution in [-0.4, -0.2) is 12.9 Å². The fourth-order valence-electron chi connectivity index (χ4n) is 0.961. The highest BCUT2D eigenvalue weighted by Gasteiger charge is 1.94.